The normalized spacial score (nSPS) is 32.1. The lowest BCUT2D eigenvalue weighted by Crippen LogP contribution is -2.54. The number of hydrogen-bond acceptors (Lipinski definition) is 5. The molecule has 5 atom stereocenters. The van der Waals surface area contributed by atoms with Crippen LogP contribution in [0.25, 0.3) is 0 Å². The highest BCUT2D eigenvalue weighted by molar-refractivity contribution is 5.92. The Balaban J connectivity index is 1.45. The van der Waals surface area contributed by atoms with E-state index in [0.29, 0.717) is 37.8 Å². The Bertz CT molecular complexity index is 776. The number of fused-ring (bicyclic) bond motifs is 1. The van der Waals surface area contributed by atoms with Crippen molar-refractivity contribution in [2.45, 2.75) is 77.3 Å². The number of esters is 1. The summed E-state index contributed by atoms with van der Waals surface area (Å²) in [6.07, 6.45) is 7.12. The van der Waals surface area contributed by atoms with Crippen molar-refractivity contribution in [2.24, 2.45) is 29.1 Å². The summed E-state index contributed by atoms with van der Waals surface area (Å²) in [6.45, 7) is 5.48. The maximum absolute atomic E-state index is 13.5. The topological polar surface area (TPSA) is 105 Å². The predicted octanol–water partition coefficient (Wildman–Crippen LogP) is 1.62. The van der Waals surface area contributed by atoms with Crippen LogP contribution in [0.1, 0.15) is 65.2 Å². The summed E-state index contributed by atoms with van der Waals surface area (Å²) in [7, 11) is 1.28. The first-order valence-corrected chi connectivity index (χ1v) is 12.2. The van der Waals surface area contributed by atoms with E-state index in [1.54, 1.807) is 4.90 Å². The predicted molar refractivity (Wildman–Crippen MR) is 117 cm³/mol. The molecular formula is C24H37N3O5. The third-order valence-corrected chi connectivity index (χ3v) is 8.47. The standard InChI is InChI=1S/C24H37N3O5/c1-24(2)16-13-27(18(28)11-14-7-5-4-6-8-14)20(19(16)24)22(30)26-17(23(31)32-3)12-15-9-10-25-21(15)29/h14-17,19-20H,4-13H2,1-3H3,(H,25,29)(H,26,30)/t15-,16-,17-,19-,20-/m0/s1. The van der Waals surface area contributed by atoms with Crippen LogP contribution < -0.4 is 10.6 Å². The molecule has 8 heteroatoms. The molecule has 0 bridgehead atoms. The van der Waals surface area contributed by atoms with Crippen LogP contribution >= 0.6 is 0 Å². The van der Waals surface area contributed by atoms with Gasteiger partial charge in [-0.15, -0.1) is 0 Å². The van der Waals surface area contributed by atoms with Gasteiger partial charge in [-0.2, -0.15) is 0 Å². The van der Waals surface area contributed by atoms with Gasteiger partial charge in [0, 0.05) is 25.4 Å². The zero-order valence-corrected chi connectivity index (χ0v) is 19.5. The van der Waals surface area contributed by atoms with Crippen molar-refractivity contribution < 1.29 is 23.9 Å². The van der Waals surface area contributed by atoms with Crippen LogP contribution in [0.15, 0.2) is 0 Å². The summed E-state index contributed by atoms with van der Waals surface area (Å²) >= 11 is 0. The van der Waals surface area contributed by atoms with Gasteiger partial charge in [-0.25, -0.2) is 4.79 Å². The maximum atomic E-state index is 13.5. The van der Waals surface area contributed by atoms with Crippen LogP contribution in [-0.2, 0) is 23.9 Å². The summed E-state index contributed by atoms with van der Waals surface area (Å²) in [6, 6.07) is -1.45. The van der Waals surface area contributed by atoms with E-state index < -0.39 is 18.1 Å². The number of nitrogens with zero attached hydrogens (tertiary/aromatic N) is 1. The fourth-order valence-electron chi connectivity index (χ4n) is 6.37. The Morgan fingerprint density at radius 3 is 2.53 bits per heavy atom. The second-order valence-corrected chi connectivity index (χ2v) is 10.7. The summed E-state index contributed by atoms with van der Waals surface area (Å²) in [5.41, 5.74) is 0.00965. The lowest BCUT2D eigenvalue weighted by molar-refractivity contribution is -0.147. The smallest absolute Gasteiger partial charge is 0.328 e. The van der Waals surface area contributed by atoms with Crippen molar-refractivity contribution in [1.82, 2.24) is 15.5 Å². The lowest BCUT2D eigenvalue weighted by Gasteiger charge is -2.33. The van der Waals surface area contributed by atoms with Gasteiger partial charge in [-0.05, 0) is 48.9 Å². The number of likely N-dealkylation sites (tertiary alicyclic amines) is 1. The van der Waals surface area contributed by atoms with Crippen LogP contribution in [0.4, 0.5) is 0 Å². The van der Waals surface area contributed by atoms with Gasteiger partial charge in [0.2, 0.25) is 17.7 Å². The Labute approximate surface area is 190 Å². The number of nitrogens with one attached hydrogen (secondary N) is 2. The van der Waals surface area contributed by atoms with E-state index in [2.05, 4.69) is 24.5 Å². The van der Waals surface area contributed by atoms with Crippen molar-refractivity contribution in [3.8, 4) is 0 Å². The van der Waals surface area contributed by atoms with E-state index in [9.17, 15) is 19.2 Å². The Morgan fingerprint density at radius 2 is 1.91 bits per heavy atom. The van der Waals surface area contributed by atoms with Crippen LogP contribution in [0.3, 0.4) is 0 Å². The Hall–Kier alpha value is -2.12. The van der Waals surface area contributed by atoms with Gasteiger partial charge >= 0.3 is 5.97 Å². The van der Waals surface area contributed by atoms with Crippen molar-refractivity contribution >= 4 is 23.7 Å². The lowest BCUT2D eigenvalue weighted by atomic mass is 9.86. The fourth-order valence-corrected chi connectivity index (χ4v) is 6.37. The largest absolute Gasteiger partial charge is 0.467 e. The van der Waals surface area contributed by atoms with Crippen molar-refractivity contribution in [1.29, 1.82) is 0 Å². The van der Waals surface area contributed by atoms with Gasteiger partial charge in [-0.3, -0.25) is 14.4 Å². The molecule has 0 spiro atoms. The van der Waals surface area contributed by atoms with Crippen molar-refractivity contribution in [3.05, 3.63) is 0 Å². The fraction of sp³-hybridized carbons (Fsp3) is 0.833. The number of rotatable bonds is 7. The molecule has 2 N–H and O–H groups in total. The van der Waals surface area contributed by atoms with E-state index >= 15 is 0 Å². The molecule has 0 unspecified atom stereocenters. The van der Waals surface area contributed by atoms with E-state index in [0.717, 1.165) is 12.8 Å². The molecule has 4 rings (SSSR count). The molecular weight excluding hydrogens is 410 g/mol. The van der Waals surface area contributed by atoms with Crippen LogP contribution in [0.2, 0.25) is 0 Å². The molecule has 0 aromatic heterocycles. The zero-order valence-electron chi connectivity index (χ0n) is 19.5. The van der Waals surface area contributed by atoms with Gasteiger partial charge in [0.1, 0.15) is 12.1 Å². The van der Waals surface area contributed by atoms with Crippen molar-refractivity contribution in [3.63, 3.8) is 0 Å². The minimum Gasteiger partial charge on any atom is -0.467 e. The van der Waals surface area contributed by atoms with Gasteiger partial charge in [0.15, 0.2) is 0 Å². The second-order valence-electron chi connectivity index (χ2n) is 10.7. The maximum Gasteiger partial charge on any atom is 0.328 e. The van der Waals surface area contributed by atoms with Crippen molar-refractivity contribution in [2.75, 3.05) is 20.2 Å². The number of carbonyl (C=O) groups excluding carboxylic acids is 4. The molecule has 2 aliphatic carbocycles. The molecule has 32 heavy (non-hydrogen) atoms. The molecule has 2 heterocycles. The third-order valence-electron chi connectivity index (χ3n) is 8.47. The second kappa shape index (κ2) is 9.02. The molecule has 178 valence electrons. The molecule has 3 amide bonds. The molecule has 0 aromatic carbocycles. The monoisotopic (exact) mass is 447 g/mol. The van der Waals surface area contributed by atoms with E-state index in [4.69, 9.17) is 4.74 Å². The minimum absolute atomic E-state index is 0.00965. The molecule has 0 aromatic rings. The molecule has 4 aliphatic rings. The highest BCUT2D eigenvalue weighted by Gasteiger charge is 2.69. The first-order chi connectivity index (χ1) is 15.2. The van der Waals surface area contributed by atoms with E-state index in [1.165, 1.54) is 26.4 Å². The van der Waals surface area contributed by atoms with Gasteiger partial charge < -0.3 is 20.3 Å². The SMILES string of the molecule is COC(=O)[C@H](C[C@@H]1CCNC1=O)NC(=O)[C@@H]1[C@@H]2[C@H](CN1C(=O)CC1CCCCC1)C2(C)C. The number of hydrogen-bond donors (Lipinski definition) is 2. The molecule has 2 saturated carbocycles. The summed E-state index contributed by atoms with van der Waals surface area (Å²) in [5.74, 6) is -0.384. The third kappa shape index (κ3) is 4.37. The summed E-state index contributed by atoms with van der Waals surface area (Å²) < 4.78 is 4.91. The molecule has 8 nitrogen and oxygen atoms in total. The van der Waals surface area contributed by atoms with Crippen LogP contribution in [-0.4, -0.2) is 60.9 Å². The van der Waals surface area contributed by atoms with Gasteiger partial charge in [0.25, 0.3) is 0 Å². The number of piperidine rings is 1. The number of ether oxygens (including phenoxy) is 1. The van der Waals surface area contributed by atoms with E-state index in [1.807, 2.05) is 0 Å². The average molecular weight is 448 g/mol. The molecule has 2 saturated heterocycles. The molecule has 4 fully saturated rings. The first-order valence-electron chi connectivity index (χ1n) is 12.2. The summed E-state index contributed by atoms with van der Waals surface area (Å²) in [5, 5.41) is 5.62. The Kier molecular flexibility index (Phi) is 6.50. The van der Waals surface area contributed by atoms with Crippen LogP contribution in [0, 0.1) is 29.1 Å². The number of methoxy groups -OCH3 is 1. The van der Waals surface area contributed by atoms with E-state index in [-0.39, 0.29) is 41.4 Å². The zero-order chi connectivity index (χ0) is 23.0. The highest BCUT2D eigenvalue weighted by Crippen LogP contribution is 2.65. The van der Waals surface area contributed by atoms with Gasteiger partial charge in [-0.1, -0.05) is 33.1 Å². The quantitative estimate of drug-likeness (QED) is 0.577. The van der Waals surface area contributed by atoms with Gasteiger partial charge in [0.05, 0.1) is 7.11 Å². The highest BCUT2D eigenvalue weighted by atomic mass is 16.5. The molecule has 0 radical (unpaired) electrons. The Morgan fingerprint density at radius 1 is 1.19 bits per heavy atom. The minimum atomic E-state index is -0.891. The average Bonchev–Trinajstić information content (AvgIpc) is 3.14. The summed E-state index contributed by atoms with van der Waals surface area (Å²) in [4.78, 5) is 52.8. The molecule has 2 aliphatic heterocycles. The number of amides is 3. The number of carbonyl (C=O) groups is 4. The van der Waals surface area contributed by atoms with Crippen LogP contribution in [0.5, 0.6) is 0 Å². The first kappa shape index (κ1) is 23.1.